The molecule has 1 unspecified atom stereocenters. The van der Waals surface area contributed by atoms with Crippen LogP contribution in [0.25, 0.3) is 10.9 Å². The minimum atomic E-state index is -0.512. The van der Waals surface area contributed by atoms with Crippen molar-refractivity contribution in [3.63, 3.8) is 0 Å². The first-order chi connectivity index (χ1) is 22.7. The zero-order chi connectivity index (χ0) is 32.7. The van der Waals surface area contributed by atoms with E-state index in [1.165, 1.54) is 34.2 Å². The number of hydrogen-bond donors (Lipinski definition) is 1. The number of aryl methyl sites for hydroxylation is 1. The van der Waals surface area contributed by atoms with Crippen molar-refractivity contribution in [3.05, 3.63) is 101 Å². The van der Waals surface area contributed by atoms with Gasteiger partial charge in [0.1, 0.15) is 23.3 Å². The number of H-pyrrole nitrogens is 1. The summed E-state index contributed by atoms with van der Waals surface area (Å²) in [5.41, 5.74) is 5.62. The molecule has 0 aliphatic carbocycles. The van der Waals surface area contributed by atoms with E-state index >= 15 is 0 Å². The number of amides is 1. The van der Waals surface area contributed by atoms with Gasteiger partial charge in [0.15, 0.2) is 5.82 Å². The first-order valence-corrected chi connectivity index (χ1v) is 15.8. The maximum absolute atomic E-state index is 14.1. The summed E-state index contributed by atoms with van der Waals surface area (Å²) >= 11 is 0. The van der Waals surface area contributed by atoms with Crippen LogP contribution in [0.15, 0.2) is 67.3 Å². The van der Waals surface area contributed by atoms with E-state index in [0.29, 0.717) is 23.9 Å². The second-order valence-corrected chi connectivity index (χ2v) is 13.0. The number of ether oxygens (including phenoxy) is 1. The first kappa shape index (κ1) is 30.4. The van der Waals surface area contributed by atoms with Crippen molar-refractivity contribution in [2.75, 3.05) is 45.2 Å². The van der Waals surface area contributed by atoms with Crippen LogP contribution in [-0.4, -0.2) is 75.5 Å². The summed E-state index contributed by atoms with van der Waals surface area (Å²) < 4.78 is 22.3. The number of nitrogens with zero attached hydrogens (tertiary/aromatic N) is 7. The number of nitrogens with one attached hydrogen (secondary N) is 1. The van der Waals surface area contributed by atoms with Crippen molar-refractivity contribution in [1.29, 1.82) is 5.26 Å². The zero-order valence-electron chi connectivity index (χ0n) is 26.8. The Balaban J connectivity index is 1.06. The molecule has 0 radical (unpaired) electrons. The number of carbonyl (C=O) groups excluding carboxylic acids is 1. The Labute approximate surface area is 273 Å². The van der Waals surface area contributed by atoms with Gasteiger partial charge in [-0.3, -0.25) is 9.69 Å². The van der Waals surface area contributed by atoms with E-state index < -0.39 is 5.82 Å². The summed E-state index contributed by atoms with van der Waals surface area (Å²) in [6.07, 6.45) is 9.18. The van der Waals surface area contributed by atoms with Crippen molar-refractivity contribution < 1.29 is 13.9 Å². The lowest BCUT2D eigenvalue weighted by Gasteiger charge is -2.26. The van der Waals surface area contributed by atoms with E-state index in [0.717, 1.165) is 62.0 Å². The molecule has 2 fully saturated rings. The normalized spacial score (nSPS) is 17.9. The van der Waals surface area contributed by atoms with Gasteiger partial charge in [-0.25, -0.2) is 14.4 Å². The van der Waals surface area contributed by atoms with E-state index in [2.05, 4.69) is 54.4 Å². The van der Waals surface area contributed by atoms with Gasteiger partial charge in [0.05, 0.1) is 12.1 Å². The fourth-order valence-corrected chi connectivity index (χ4v) is 7.16. The number of aromatic amines is 1. The average Bonchev–Trinajstić information content (AvgIpc) is 3.88. The van der Waals surface area contributed by atoms with Gasteiger partial charge in [-0.05, 0) is 79.4 Å². The monoisotopic (exact) mass is 632 g/mol. The van der Waals surface area contributed by atoms with E-state index in [4.69, 9.17) is 4.74 Å². The van der Waals surface area contributed by atoms with Crippen LogP contribution in [0.4, 0.5) is 10.2 Å². The number of aromatic nitrogens is 4. The van der Waals surface area contributed by atoms with Gasteiger partial charge < -0.3 is 24.1 Å². The lowest BCUT2D eigenvalue weighted by atomic mass is 9.86. The maximum Gasteiger partial charge on any atom is 0.263 e. The van der Waals surface area contributed by atoms with Gasteiger partial charge in [-0.1, -0.05) is 6.07 Å². The fourth-order valence-electron chi connectivity index (χ4n) is 7.16. The number of carbonyl (C=O) groups is 1. The molecule has 5 aromatic rings. The SMILES string of the molecule is Cc1c(CN2CCC3(CCN(c4nccnc4Oc4ccc(F)cc4C(=O)N(C)C)C3)C2)ccc2c1cc(C#N)n2Cc1cc[nH]c1. The largest absolute Gasteiger partial charge is 0.435 e. The van der Waals surface area contributed by atoms with Crippen LogP contribution in [0.1, 0.15) is 45.6 Å². The van der Waals surface area contributed by atoms with E-state index in [1.54, 1.807) is 26.5 Å². The summed E-state index contributed by atoms with van der Waals surface area (Å²) in [5.74, 6) is 0.284. The molecule has 11 heteroatoms. The van der Waals surface area contributed by atoms with E-state index in [1.807, 2.05) is 24.5 Å². The molecule has 1 N–H and O–H groups in total. The third kappa shape index (κ3) is 5.81. The molecule has 2 aliphatic rings. The molecule has 0 bridgehead atoms. The van der Waals surface area contributed by atoms with Crippen LogP contribution in [0.3, 0.4) is 0 Å². The molecule has 5 heterocycles. The van der Waals surface area contributed by atoms with Crippen LogP contribution in [0.2, 0.25) is 0 Å². The fraction of sp³-hybridized carbons (Fsp3) is 0.333. The number of anilines is 1. The van der Waals surface area contributed by atoms with Crippen molar-refractivity contribution in [1.82, 2.24) is 29.3 Å². The van der Waals surface area contributed by atoms with E-state index in [9.17, 15) is 14.4 Å². The molecule has 0 saturated carbocycles. The molecule has 1 atom stereocenters. The molecule has 10 nitrogen and oxygen atoms in total. The molecular weight excluding hydrogens is 595 g/mol. The minimum absolute atomic E-state index is 0.114. The second kappa shape index (κ2) is 12.2. The van der Waals surface area contributed by atoms with Gasteiger partial charge in [-0.15, -0.1) is 0 Å². The molecule has 2 aromatic carbocycles. The zero-order valence-corrected chi connectivity index (χ0v) is 26.8. The molecule has 47 heavy (non-hydrogen) atoms. The highest BCUT2D eigenvalue weighted by molar-refractivity contribution is 5.96. The van der Waals surface area contributed by atoms with Crippen LogP contribution in [0, 0.1) is 29.5 Å². The summed E-state index contributed by atoms with van der Waals surface area (Å²) in [6, 6.07) is 14.7. The smallest absolute Gasteiger partial charge is 0.263 e. The molecule has 3 aromatic heterocycles. The second-order valence-electron chi connectivity index (χ2n) is 13.0. The van der Waals surface area contributed by atoms with Crippen molar-refractivity contribution in [2.24, 2.45) is 5.41 Å². The molecular formula is C36H37FN8O2. The lowest BCUT2D eigenvalue weighted by Crippen LogP contribution is -2.31. The molecule has 240 valence electrons. The van der Waals surface area contributed by atoms with Gasteiger partial charge in [0, 0.05) is 81.4 Å². The third-order valence-corrected chi connectivity index (χ3v) is 9.66. The Morgan fingerprint density at radius 1 is 1.09 bits per heavy atom. The number of fused-ring (bicyclic) bond motifs is 1. The van der Waals surface area contributed by atoms with Crippen LogP contribution < -0.4 is 9.64 Å². The highest BCUT2D eigenvalue weighted by Gasteiger charge is 2.44. The Hall–Kier alpha value is -5.21. The molecule has 7 rings (SSSR count). The average molecular weight is 633 g/mol. The van der Waals surface area contributed by atoms with Gasteiger partial charge in [-0.2, -0.15) is 5.26 Å². The molecule has 2 saturated heterocycles. The Kier molecular flexibility index (Phi) is 7.90. The number of halogens is 1. The summed E-state index contributed by atoms with van der Waals surface area (Å²) in [4.78, 5) is 31.1. The predicted molar refractivity (Wildman–Crippen MR) is 177 cm³/mol. The molecule has 1 amide bonds. The topological polar surface area (TPSA) is 106 Å². The summed E-state index contributed by atoms with van der Waals surface area (Å²) in [6.45, 7) is 7.26. The number of rotatable bonds is 8. The van der Waals surface area contributed by atoms with Gasteiger partial charge in [0.2, 0.25) is 0 Å². The summed E-state index contributed by atoms with van der Waals surface area (Å²) in [7, 11) is 3.23. The summed E-state index contributed by atoms with van der Waals surface area (Å²) in [5, 5.41) is 11.0. The van der Waals surface area contributed by atoms with Gasteiger partial charge in [0.25, 0.3) is 11.8 Å². The van der Waals surface area contributed by atoms with Crippen molar-refractivity contribution in [2.45, 2.75) is 32.9 Å². The number of nitriles is 1. The highest BCUT2D eigenvalue weighted by Crippen LogP contribution is 2.43. The number of hydrogen-bond acceptors (Lipinski definition) is 7. The molecule has 2 aliphatic heterocycles. The number of benzene rings is 2. The standard InChI is InChI=1S/C36H37FN8O2/c1-24-26(4-6-31-29(24)17-28(18-38)45(31)20-25-8-11-39-19-25)21-43-14-9-36(22-43)10-15-44(23-36)33-34(41-13-12-40-33)47-32-7-5-27(37)16-30(32)35(46)42(2)3/h4-8,11-13,16-17,19,39H,9-10,14-15,20-23H2,1-3H3. The van der Waals surface area contributed by atoms with Crippen LogP contribution in [0.5, 0.6) is 11.6 Å². The third-order valence-electron chi connectivity index (χ3n) is 9.66. The minimum Gasteiger partial charge on any atom is -0.435 e. The Bertz CT molecular complexity index is 2000. The molecule has 1 spiro atoms. The highest BCUT2D eigenvalue weighted by atomic mass is 19.1. The quantitative estimate of drug-likeness (QED) is 0.233. The van der Waals surface area contributed by atoms with Crippen molar-refractivity contribution >= 4 is 22.6 Å². The van der Waals surface area contributed by atoms with E-state index in [-0.39, 0.29) is 22.6 Å². The van der Waals surface area contributed by atoms with Crippen molar-refractivity contribution in [3.8, 4) is 17.7 Å². The van der Waals surface area contributed by atoms with Gasteiger partial charge >= 0.3 is 0 Å². The predicted octanol–water partition coefficient (Wildman–Crippen LogP) is 5.72. The maximum atomic E-state index is 14.1. The van der Waals surface area contributed by atoms with Crippen LogP contribution >= 0.6 is 0 Å². The Morgan fingerprint density at radius 3 is 2.70 bits per heavy atom. The Morgan fingerprint density at radius 2 is 1.91 bits per heavy atom. The lowest BCUT2D eigenvalue weighted by molar-refractivity contribution is 0.0824. The number of likely N-dealkylation sites (tertiary alicyclic amines) is 1. The van der Waals surface area contributed by atoms with Crippen LogP contribution in [-0.2, 0) is 13.1 Å². The first-order valence-electron chi connectivity index (χ1n) is 15.8.